The van der Waals surface area contributed by atoms with E-state index in [4.69, 9.17) is 0 Å². The molecule has 96 valence electrons. The molecule has 0 heterocycles. The van der Waals surface area contributed by atoms with Gasteiger partial charge in [-0.25, -0.2) is 8.42 Å². The molecule has 0 saturated carbocycles. The van der Waals surface area contributed by atoms with Gasteiger partial charge in [0.25, 0.3) is 0 Å². The lowest BCUT2D eigenvalue weighted by molar-refractivity contribution is -0.144. The van der Waals surface area contributed by atoms with E-state index in [9.17, 15) is 13.2 Å². The van der Waals surface area contributed by atoms with Crippen LogP contribution in [0.25, 0.3) is 0 Å². The summed E-state index contributed by atoms with van der Waals surface area (Å²) < 4.78 is 27.1. The van der Waals surface area contributed by atoms with Gasteiger partial charge in [-0.05, 0) is 5.92 Å². The molecule has 0 aromatic heterocycles. The van der Waals surface area contributed by atoms with Gasteiger partial charge in [0.1, 0.15) is 6.04 Å². The maximum atomic E-state index is 11.3. The summed E-state index contributed by atoms with van der Waals surface area (Å²) in [6.45, 7) is 5.63. The minimum absolute atomic E-state index is 0.0454. The molecular formula is C10H21NO4S. The van der Waals surface area contributed by atoms with E-state index in [2.05, 4.69) is 10.1 Å². The number of carbonyl (C=O) groups is 1. The van der Waals surface area contributed by atoms with Crippen LogP contribution in [0, 0.1) is 5.92 Å². The molecule has 0 bridgehead atoms. The lowest BCUT2D eigenvalue weighted by Crippen LogP contribution is -2.43. The number of ether oxygens (including phenoxy) is 1. The summed E-state index contributed by atoms with van der Waals surface area (Å²) in [5, 5.41) is 2.91. The van der Waals surface area contributed by atoms with E-state index in [-0.39, 0.29) is 29.9 Å². The maximum absolute atomic E-state index is 11.3. The molecule has 1 atom stereocenters. The second-order valence-corrected chi connectivity index (χ2v) is 6.41. The van der Waals surface area contributed by atoms with Gasteiger partial charge in [-0.1, -0.05) is 20.8 Å². The first kappa shape index (κ1) is 15.4. The Labute approximate surface area is 97.5 Å². The molecule has 5 nitrogen and oxygen atoms in total. The number of esters is 1. The minimum Gasteiger partial charge on any atom is -0.468 e. The van der Waals surface area contributed by atoms with Crippen molar-refractivity contribution in [2.24, 2.45) is 5.92 Å². The van der Waals surface area contributed by atoms with E-state index in [1.165, 1.54) is 7.11 Å². The molecule has 1 N–H and O–H groups in total. The van der Waals surface area contributed by atoms with Crippen LogP contribution in [0.2, 0.25) is 0 Å². The summed E-state index contributed by atoms with van der Waals surface area (Å²) in [6, 6.07) is -0.447. The molecule has 0 aromatic carbocycles. The third-order valence-electron chi connectivity index (χ3n) is 2.34. The first-order valence-corrected chi connectivity index (χ1v) is 7.17. The summed E-state index contributed by atoms with van der Waals surface area (Å²) in [5.41, 5.74) is 0. The highest BCUT2D eigenvalue weighted by atomic mass is 32.2. The second-order valence-electron chi connectivity index (χ2n) is 3.94. The molecule has 0 rings (SSSR count). The van der Waals surface area contributed by atoms with Crippen molar-refractivity contribution in [2.45, 2.75) is 26.8 Å². The quantitative estimate of drug-likeness (QED) is 0.655. The third-order valence-corrected chi connectivity index (χ3v) is 4.04. The predicted molar refractivity (Wildman–Crippen MR) is 63.0 cm³/mol. The van der Waals surface area contributed by atoms with Gasteiger partial charge in [0.05, 0.1) is 12.9 Å². The number of rotatable bonds is 7. The molecule has 0 fully saturated rings. The van der Waals surface area contributed by atoms with Gasteiger partial charge in [0.15, 0.2) is 9.84 Å². The fraction of sp³-hybridized carbons (Fsp3) is 0.900. The lowest BCUT2D eigenvalue weighted by Gasteiger charge is -2.19. The maximum Gasteiger partial charge on any atom is 0.323 e. The normalized spacial score (nSPS) is 13.8. The molecule has 0 aliphatic rings. The van der Waals surface area contributed by atoms with Crippen LogP contribution in [0.15, 0.2) is 0 Å². The Morgan fingerprint density at radius 2 is 1.94 bits per heavy atom. The van der Waals surface area contributed by atoms with E-state index in [0.29, 0.717) is 0 Å². The monoisotopic (exact) mass is 251 g/mol. The second kappa shape index (κ2) is 6.85. The van der Waals surface area contributed by atoms with Gasteiger partial charge in [-0.2, -0.15) is 0 Å². The van der Waals surface area contributed by atoms with Gasteiger partial charge in [-0.3, -0.25) is 4.79 Å². The Balaban J connectivity index is 4.20. The fourth-order valence-corrected chi connectivity index (χ4v) is 1.95. The van der Waals surface area contributed by atoms with Crippen LogP contribution in [0.4, 0.5) is 0 Å². The zero-order valence-corrected chi connectivity index (χ0v) is 11.1. The number of hydrogen-bond donors (Lipinski definition) is 1. The molecule has 1 unspecified atom stereocenters. The Morgan fingerprint density at radius 1 is 1.38 bits per heavy atom. The zero-order valence-electron chi connectivity index (χ0n) is 10.3. The van der Waals surface area contributed by atoms with E-state index in [1.54, 1.807) is 6.92 Å². The van der Waals surface area contributed by atoms with Crippen molar-refractivity contribution in [3.63, 3.8) is 0 Å². The molecule has 0 saturated heterocycles. The summed E-state index contributed by atoms with van der Waals surface area (Å²) >= 11 is 0. The van der Waals surface area contributed by atoms with Crippen LogP contribution in [-0.2, 0) is 19.4 Å². The summed E-state index contributed by atoms with van der Waals surface area (Å²) in [4.78, 5) is 11.3. The largest absolute Gasteiger partial charge is 0.468 e. The highest BCUT2D eigenvalue weighted by Crippen LogP contribution is 2.03. The van der Waals surface area contributed by atoms with Gasteiger partial charge in [0, 0.05) is 12.3 Å². The summed E-state index contributed by atoms with van der Waals surface area (Å²) in [6.07, 6.45) is 0. The summed E-state index contributed by atoms with van der Waals surface area (Å²) in [5.74, 6) is -0.121. The Morgan fingerprint density at radius 3 is 2.31 bits per heavy atom. The summed E-state index contributed by atoms with van der Waals surface area (Å²) in [7, 11) is -1.67. The number of carbonyl (C=O) groups excluding carboxylic acids is 1. The molecular weight excluding hydrogens is 230 g/mol. The average Bonchev–Trinajstić information content (AvgIpc) is 2.23. The molecule has 16 heavy (non-hydrogen) atoms. The van der Waals surface area contributed by atoms with Crippen molar-refractivity contribution in [1.29, 1.82) is 0 Å². The van der Waals surface area contributed by atoms with Crippen LogP contribution >= 0.6 is 0 Å². The molecule has 0 radical (unpaired) electrons. The van der Waals surface area contributed by atoms with Crippen LogP contribution in [0.5, 0.6) is 0 Å². The van der Waals surface area contributed by atoms with E-state index in [1.807, 2.05) is 13.8 Å². The van der Waals surface area contributed by atoms with Crippen molar-refractivity contribution in [1.82, 2.24) is 5.32 Å². The van der Waals surface area contributed by atoms with Crippen molar-refractivity contribution in [3.05, 3.63) is 0 Å². The van der Waals surface area contributed by atoms with Crippen molar-refractivity contribution in [3.8, 4) is 0 Å². The Kier molecular flexibility index (Phi) is 6.59. The molecule has 6 heteroatoms. The fourth-order valence-electron chi connectivity index (χ4n) is 1.23. The van der Waals surface area contributed by atoms with Crippen LogP contribution in [0.3, 0.4) is 0 Å². The van der Waals surface area contributed by atoms with Crippen LogP contribution in [-0.4, -0.2) is 45.6 Å². The van der Waals surface area contributed by atoms with E-state index in [0.717, 1.165) is 0 Å². The number of nitrogens with one attached hydrogen (secondary N) is 1. The number of sulfone groups is 1. The number of methoxy groups -OCH3 is 1. The van der Waals surface area contributed by atoms with Gasteiger partial charge in [0.2, 0.25) is 0 Å². The van der Waals surface area contributed by atoms with Gasteiger partial charge < -0.3 is 10.1 Å². The van der Waals surface area contributed by atoms with Crippen LogP contribution in [0.1, 0.15) is 20.8 Å². The zero-order chi connectivity index (χ0) is 12.8. The van der Waals surface area contributed by atoms with E-state index >= 15 is 0 Å². The lowest BCUT2D eigenvalue weighted by atomic mass is 10.1. The van der Waals surface area contributed by atoms with Crippen molar-refractivity contribution < 1.29 is 17.9 Å². The van der Waals surface area contributed by atoms with Gasteiger partial charge in [-0.15, -0.1) is 0 Å². The standard InChI is InChI=1S/C10H21NO4S/c1-5-16(13,14)7-6-11-9(8(2)3)10(12)15-4/h8-9,11H,5-7H2,1-4H3. The average molecular weight is 251 g/mol. The van der Waals surface area contributed by atoms with E-state index < -0.39 is 15.9 Å². The Hall–Kier alpha value is -0.620. The highest BCUT2D eigenvalue weighted by molar-refractivity contribution is 7.91. The smallest absolute Gasteiger partial charge is 0.323 e. The Bertz CT molecular complexity index is 311. The molecule has 0 aromatic rings. The van der Waals surface area contributed by atoms with Gasteiger partial charge >= 0.3 is 5.97 Å². The predicted octanol–water partition coefficient (Wildman–Crippen LogP) is 0.208. The topological polar surface area (TPSA) is 72.5 Å². The molecule has 0 amide bonds. The minimum atomic E-state index is -2.99. The SMILES string of the molecule is CCS(=O)(=O)CCNC(C(=O)OC)C(C)C. The van der Waals surface area contributed by atoms with Crippen molar-refractivity contribution >= 4 is 15.8 Å². The molecule has 0 spiro atoms. The molecule has 0 aliphatic carbocycles. The van der Waals surface area contributed by atoms with Crippen LogP contribution < -0.4 is 5.32 Å². The number of hydrogen-bond acceptors (Lipinski definition) is 5. The first-order chi connectivity index (χ1) is 7.34. The first-order valence-electron chi connectivity index (χ1n) is 5.35. The van der Waals surface area contributed by atoms with Crippen molar-refractivity contribution in [2.75, 3.05) is 25.2 Å². The highest BCUT2D eigenvalue weighted by Gasteiger charge is 2.22. The third kappa shape index (κ3) is 5.46. The molecule has 0 aliphatic heterocycles.